The second-order valence-electron chi connectivity index (χ2n) is 4.11. The molecule has 17 heavy (non-hydrogen) atoms. The maximum absolute atomic E-state index is 14.1. The molecule has 2 rings (SSSR count). The minimum atomic E-state index is -1.53. The lowest BCUT2D eigenvalue weighted by atomic mass is 10.0. The van der Waals surface area contributed by atoms with E-state index in [2.05, 4.69) is 4.74 Å². The molecule has 1 aliphatic carbocycles. The van der Waals surface area contributed by atoms with Crippen LogP contribution < -0.4 is 0 Å². The molecule has 92 valence electrons. The number of rotatable bonds is 3. The van der Waals surface area contributed by atoms with Crippen LogP contribution in [0.15, 0.2) is 12.1 Å². The SMILES string of the molecule is CCOC(=O)C(O)c1ccc2c(c1F)CCC2. The Hall–Kier alpha value is -1.42. The number of fused-ring (bicyclic) bond motifs is 1. The van der Waals surface area contributed by atoms with E-state index in [1.165, 1.54) is 6.07 Å². The molecular formula is C13H15FO3. The van der Waals surface area contributed by atoms with Gasteiger partial charge in [0.2, 0.25) is 0 Å². The van der Waals surface area contributed by atoms with E-state index in [1.807, 2.05) is 0 Å². The molecule has 0 saturated heterocycles. The van der Waals surface area contributed by atoms with Crippen molar-refractivity contribution in [2.24, 2.45) is 0 Å². The Kier molecular flexibility index (Phi) is 3.43. The van der Waals surface area contributed by atoms with E-state index in [9.17, 15) is 14.3 Å². The Morgan fingerprint density at radius 1 is 1.53 bits per heavy atom. The average Bonchev–Trinajstić information content (AvgIpc) is 2.78. The normalized spacial score (nSPS) is 15.5. The number of hydrogen-bond acceptors (Lipinski definition) is 3. The van der Waals surface area contributed by atoms with Crippen molar-refractivity contribution in [1.29, 1.82) is 0 Å². The van der Waals surface area contributed by atoms with Crippen molar-refractivity contribution in [3.63, 3.8) is 0 Å². The molecule has 1 aliphatic rings. The summed E-state index contributed by atoms with van der Waals surface area (Å²) in [6.07, 6.45) is 0.929. The first-order valence-corrected chi connectivity index (χ1v) is 5.80. The Balaban J connectivity index is 2.30. The largest absolute Gasteiger partial charge is 0.464 e. The predicted octanol–water partition coefficient (Wildman–Crippen LogP) is 1.91. The first-order chi connectivity index (χ1) is 8.15. The van der Waals surface area contributed by atoms with Crippen LogP contribution in [0.1, 0.15) is 36.1 Å². The molecule has 0 radical (unpaired) electrons. The van der Waals surface area contributed by atoms with Gasteiger partial charge in [0, 0.05) is 5.56 Å². The van der Waals surface area contributed by atoms with Gasteiger partial charge in [-0.25, -0.2) is 9.18 Å². The number of aryl methyl sites for hydroxylation is 1. The van der Waals surface area contributed by atoms with Gasteiger partial charge in [0.05, 0.1) is 6.61 Å². The highest BCUT2D eigenvalue weighted by Crippen LogP contribution is 2.29. The zero-order chi connectivity index (χ0) is 12.4. The van der Waals surface area contributed by atoms with E-state index in [4.69, 9.17) is 0 Å². The predicted molar refractivity (Wildman–Crippen MR) is 60.0 cm³/mol. The molecular weight excluding hydrogens is 223 g/mol. The maximum atomic E-state index is 14.1. The highest BCUT2D eigenvalue weighted by Gasteiger charge is 2.26. The number of ether oxygens (including phenoxy) is 1. The second kappa shape index (κ2) is 4.84. The van der Waals surface area contributed by atoms with Crippen molar-refractivity contribution in [3.8, 4) is 0 Å². The van der Waals surface area contributed by atoms with Crippen molar-refractivity contribution < 1.29 is 19.0 Å². The smallest absolute Gasteiger partial charge is 0.339 e. The van der Waals surface area contributed by atoms with E-state index in [-0.39, 0.29) is 12.2 Å². The van der Waals surface area contributed by atoms with Crippen LogP contribution in [-0.2, 0) is 22.4 Å². The highest BCUT2D eigenvalue weighted by molar-refractivity contribution is 5.76. The Bertz CT molecular complexity index is 443. The summed E-state index contributed by atoms with van der Waals surface area (Å²) in [6.45, 7) is 1.81. The number of carbonyl (C=O) groups excluding carboxylic acids is 1. The van der Waals surface area contributed by atoms with E-state index in [0.717, 1.165) is 18.4 Å². The summed E-state index contributed by atoms with van der Waals surface area (Å²) in [5, 5.41) is 9.72. The van der Waals surface area contributed by atoms with E-state index in [0.29, 0.717) is 12.0 Å². The fourth-order valence-electron chi connectivity index (χ4n) is 2.20. The Morgan fingerprint density at radius 3 is 3.00 bits per heavy atom. The number of aliphatic hydroxyl groups is 1. The van der Waals surface area contributed by atoms with Gasteiger partial charge in [-0.1, -0.05) is 12.1 Å². The number of esters is 1. The quantitative estimate of drug-likeness (QED) is 0.818. The molecule has 0 aliphatic heterocycles. The third-order valence-electron chi connectivity index (χ3n) is 3.05. The van der Waals surface area contributed by atoms with Gasteiger partial charge in [-0.15, -0.1) is 0 Å². The number of benzene rings is 1. The molecule has 1 aromatic carbocycles. The number of aliphatic hydroxyl groups excluding tert-OH is 1. The molecule has 1 aromatic rings. The summed E-state index contributed by atoms with van der Waals surface area (Å²) in [6, 6.07) is 3.25. The van der Waals surface area contributed by atoms with Gasteiger partial charge in [0.15, 0.2) is 6.10 Å². The van der Waals surface area contributed by atoms with Gasteiger partial charge < -0.3 is 9.84 Å². The Labute approximate surface area is 99.2 Å². The molecule has 1 unspecified atom stereocenters. The first-order valence-electron chi connectivity index (χ1n) is 5.80. The fourth-order valence-corrected chi connectivity index (χ4v) is 2.20. The van der Waals surface area contributed by atoms with Gasteiger partial charge in [-0.3, -0.25) is 0 Å². The van der Waals surface area contributed by atoms with E-state index < -0.39 is 17.9 Å². The summed E-state index contributed by atoms with van der Waals surface area (Å²) in [5.41, 5.74) is 1.62. The van der Waals surface area contributed by atoms with Crippen LogP contribution in [0.4, 0.5) is 4.39 Å². The first kappa shape index (κ1) is 12.0. The van der Waals surface area contributed by atoms with Crippen LogP contribution in [0.5, 0.6) is 0 Å². The molecule has 0 aromatic heterocycles. The van der Waals surface area contributed by atoms with Crippen molar-refractivity contribution in [2.75, 3.05) is 6.61 Å². The van der Waals surface area contributed by atoms with Crippen LogP contribution in [0.2, 0.25) is 0 Å². The summed E-state index contributed by atoms with van der Waals surface area (Å²) < 4.78 is 18.7. The van der Waals surface area contributed by atoms with Crippen molar-refractivity contribution >= 4 is 5.97 Å². The summed E-state index contributed by atoms with van der Waals surface area (Å²) in [4.78, 5) is 11.4. The summed E-state index contributed by atoms with van der Waals surface area (Å²) in [5.74, 6) is -1.26. The number of hydrogen-bond donors (Lipinski definition) is 1. The highest BCUT2D eigenvalue weighted by atomic mass is 19.1. The third kappa shape index (κ3) is 2.17. The Morgan fingerprint density at radius 2 is 2.29 bits per heavy atom. The molecule has 0 fully saturated rings. The molecule has 4 heteroatoms. The van der Waals surface area contributed by atoms with Crippen LogP contribution in [0.3, 0.4) is 0 Å². The van der Waals surface area contributed by atoms with E-state index in [1.54, 1.807) is 13.0 Å². The van der Waals surface area contributed by atoms with E-state index >= 15 is 0 Å². The van der Waals surface area contributed by atoms with Gasteiger partial charge in [-0.05, 0) is 37.3 Å². The number of carbonyl (C=O) groups is 1. The zero-order valence-electron chi connectivity index (χ0n) is 9.70. The van der Waals surface area contributed by atoms with Crippen LogP contribution in [0.25, 0.3) is 0 Å². The summed E-state index contributed by atoms with van der Waals surface area (Å²) >= 11 is 0. The molecule has 0 saturated carbocycles. The van der Waals surface area contributed by atoms with Gasteiger partial charge in [0.25, 0.3) is 0 Å². The maximum Gasteiger partial charge on any atom is 0.339 e. The van der Waals surface area contributed by atoms with Gasteiger partial charge in [-0.2, -0.15) is 0 Å². The minimum Gasteiger partial charge on any atom is -0.464 e. The monoisotopic (exact) mass is 238 g/mol. The fraction of sp³-hybridized carbons (Fsp3) is 0.462. The minimum absolute atomic E-state index is 0.0177. The third-order valence-corrected chi connectivity index (χ3v) is 3.05. The average molecular weight is 238 g/mol. The molecule has 0 heterocycles. The number of halogens is 1. The molecule has 0 spiro atoms. The molecule has 1 N–H and O–H groups in total. The van der Waals surface area contributed by atoms with Crippen LogP contribution in [0, 0.1) is 5.82 Å². The van der Waals surface area contributed by atoms with Crippen molar-refractivity contribution in [1.82, 2.24) is 0 Å². The zero-order valence-corrected chi connectivity index (χ0v) is 9.70. The van der Waals surface area contributed by atoms with Gasteiger partial charge in [0.1, 0.15) is 5.82 Å². The molecule has 3 nitrogen and oxygen atoms in total. The van der Waals surface area contributed by atoms with Gasteiger partial charge >= 0.3 is 5.97 Å². The standard InChI is InChI=1S/C13H15FO3/c1-2-17-13(16)12(15)10-7-6-8-4-3-5-9(8)11(10)14/h6-7,12,15H,2-5H2,1H3. The topological polar surface area (TPSA) is 46.5 Å². The lowest BCUT2D eigenvalue weighted by Gasteiger charge is -2.13. The molecule has 1 atom stereocenters. The second-order valence-corrected chi connectivity index (χ2v) is 4.11. The van der Waals surface area contributed by atoms with Crippen LogP contribution in [-0.4, -0.2) is 17.7 Å². The van der Waals surface area contributed by atoms with Crippen molar-refractivity contribution in [3.05, 3.63) is 34.6 Å². The molecule has 0 bridgehead atoms. The summed E-state index contributed by atoms with van der Waals surface area (Å²) in [7, 11) is 0. The lowest BCUT2D eigenvalue weighted by Crippen LogP contribution is -2.17. The van der Waals surface area contributed by atoms with Crippen molar-refractivity contribution in [2.45, 2.75) is 32.3 Å². The van der Waals surface area contributed by atoms with Crippen LogP contribution >= 0.6 is 0 Å². The lowest BCUT2D eigenvalue weighted by molar-refractivity contribution is -0.153. The molecule has 0 amide bonds.